The molecule has 2 aromatic carbocycles. The monoisotopic (exact) mass is 333 g/mol. The lowest BCUT2D eigenvalue weighted by atomic mass is 10.0. The Kier molecular flexibility index (Phi) is 5.20. The first kappa shape index (κ1) is 17.1. The van der Waals surface area contributed by atoms with E-state index in [1.165, 1.54) is 20.3 Å². The Labute approximate surface area is 137 Å². The normalized spacial score (nSPS) is 10.1. The molecule has 0 spiro atoms. The summed E-state index contributed by atoms with van der Waals surface area (Å²) in [5.74, 6) is -0.506. The largest absolute Gasteiger partial charge is 0.511 e. The first-order valence-corrected chi connectivity index (χ1v) is 6.84. The van der Waals surface area contributed by atoms with Gasteiger partial charge in [0.2, 0.25) is 11.5 Å². The van der Waals surface area contributed by atoms with Crippen molar-refractivity contribution < 1.29 is 29.0 Å². The van der Waals surface area contributed by atoms with Gasteiger partial charge in [0.15, 0.2) is 5.75 Å². The van der Waals surface area contributed by atoms with Gasteiger partial charge in [-0.1, -0.05) is 30.3 Å². The molecule has 0 atom stereocenters. The van der Waals surface area contributed by atoms with E-state index in [-0.39, 0.29) is 34.9 Å². The van der Waals surface area contributed by atoms with Gasteiger partial charge in [0.25, 0.3) is 0 Å². The first-order valence-electron chi connectivity index (χ1n) is 6.84. The van der Waals surface area contributed by atoms with Crippen LogP contribution in [0.5, 0.6) is 17.2 Å². The van der Waals surface area contributed by atoms with Gasteiger partial charge in [0.05, 0.1) is 19.1 Å². The van der Waals surface area contributed by atoms with Gasteiger partial charge in [0.1, 0.15) is 0 Å². The predicted octanol–water partition coefficient (Wildman–Crippen LogP) is 3.26. The minimum absolute atomic E-state index is 0.150. The Morgan fingerprint density at radius 2 is 1.79 bits per heavy atom. The molecule has 0 saturated heterocycles. The number of nitrogens with zero attached hydrogens (tertiary/aromatic N) is 1. The van der Waals surface area contributed by atoms with Crippen molar-refractivity contribution in [3.8, 4) is 17.2 Å². The smallest absolute Gasteiger partial charge is 0.490 e. The molecule has 8 heteroatoms. The van der Waals surface area contributed by atoms with Gasteiger partial charge in [-0.05, 0) is 11.6 Å². The van der Waals surface area contributed by atoms with Gasteiger partial charge in [-0.3, -0.25) is 10.1 Å². The van der Waals surface area contributed by atoms with Crippen LogP contribution < -0.4 is 14.2 Å². The lowest BCUT2D eigenvalue weighted by molar-refractivity contribution is -0.386. The molecule has 0 unspecified atom stereocenters. The molecule has 2 aromatic rings. The number of ether oxygens (including phenoxy) is 3. The number of carbonyl (C=O) groups is 1. The molecular formula is C16H15NO7. The Hall–Kier alpha value is -3.29. The highest BCUT2D eigenvalue weighted by Crippen LogP contribution is 2.46. The highest BCUT2D eigenvalue weighted by molar-refractivity contribution is 5.71. The number of methoxy groups -OCH3 is 2. The molecule has 0 aliphatic heterocycles. The van der Waals surface area contributed by atoms with E-state index in [2.05, 4.69) is 4.74 Å². The number of carboxylic acid groups (broad SMARTS) is 1. The zero-order valence-electron chi connectivity index (χ0n) is 13.0. The fourth-order valence-electron chi connectivity index (χ4n) is 2.36. The number of hydrogen-bond donors (Lipinski definition) is 1. The maximum atomic E-state index is 11.5. The molecule has 0 aliphatic rings. The highest BCUT2D eigenvalue weighted by Gasteiger charge is 2.30. The lowest BCUT2D eigenvalue weighted by Crippen LogP contribution is -2.08. The number of hydrogen-bond acceptors (Lipinski definition) is 6. The molecule has 0 radical (unpaired) electrons. The van der Waals surface area contributed by atoms with Crippen molar-refractivity contribution in [1.82, 2.24) is 0 Å². The number of nitro benzene ring substituents is 1. The third-order valence-corrected chi connectivity index (χ3v) is 3.28. The topological polar surface area (TPSA) is 108 Å². The summed E-state index contributed by atoms with van der Waals surface area (Å²) in [4.78, 5) is 21.8. The molecule has 0 saturated carbocycles. The molecule has 2 rings (SSSR count). The Morgan fingerprint density at radius 1 is 1.17 bits per heavy atom. The third kappa shape index (κ3) is 3.54. The SMILES string of the molecule is COc1c(OC(=O)O)cc(Cc2ccccc2)c([N+](=O)[O-])c1OC. The van der Waals surface area contributed by atoms with Crippen LogP contribution >= 0.6 is 0 Å². The number of benzene rings is 2. The summed E-state index contributed by atoms with van der Waals surface area (Å²) in [7, 11) is 2.48. The maximum Gasteiger partial charge on any atom is 0.511 e. The van der Waals surface area contributed by atoms with Crippen LogP contribution in [0.2, 0.25) is 0 Å². The van der Waals surface area contributed by atoms with Crippen LogP contribution in [-0.4, -0.2) is 30.4 Å². The van der Waals surface area contributed by atoms with Crippen LogP contribution in [0.3, 0.4) is 0 Å². The summed E-state index contributed by atoms with van der Waals surface area (Å²) < 4.78 is 14.8. The Morgan fingerprint density at radius 3 is 2.29 bits per heavy atom. The predicted molar refractivity (Wildman–Crippen MR) is 84.1 cm³/mol. The van der Waals surface area contributed by atoms with E-state index in [9.17, 15) is 14.9 Å². The standard InChI is InChI=1S/C16H15NO7/c1-22-14-12(24-16(18)19)9-11(8-10-6-4-3-5-7-10)13(17(20)21)15(14)23-2/h3-7,9H,8H2,1-2H3,(H,18,19). The molecule has 0 amide bonds. The lowest BCUT2D eigenvalue weighted by Gasteiger charge is -2.14. The fraction of sp³-hybridized carbons (Fsp3) is 0.188. The van der Waals surface area contributed by atoms with E-state index >= 15 is 0 Å². The minimum Gasteiger partial charge on any atom is -0.490 e. The van der Waals surface area contributed by atoms with Crippen LogP contribution in [0.15, 0.2) is 36.4 Å². The molecule has 0 aliphatic carbocycles. The molecule has 8 nitrogen and oxygen atoms in total. The second-order valence-corrected chi connectivity index (χ2v) is 4.74. The molecule has 1 N–H and O–H groups in total. The molecule has 0 aromatic heterocycles. The average molecular weight is 333 g/mol. The molecular weight excluding hydrogens is 318 g/mol. The summed E-state index contributed by atoms with van der Waals surface area (Å²) in [5, 5.41) is 20.4. The Bertz CT molecular complexity index is 759. The van der Waals surface area contributed by atoms with Gasteiger partial charge in [-0.2, -0.15) is 0 Å². The van der Waals surface area contributed by atoms with Crippen molar-refractivity contribution in [2.24, 2.45) is 0 Å². The van der Waals surface area contributed by atoms with Gasteiger partial charge < -0.3 is 19.3 Å². The van der Waals surface area contributed by atoms with Gasteiger partial charge in [-0.25, -0.2) is 4.79 Å². The molecule has 0 bridgehead atoms. The minimum atomic E-state index is -1.56. The maximum absolute atomic E-state index is 11.5. The molecule has 0 fully saturated rings. The second-order valence-electron chi connectivity index (χ2n) is 4.74. The fourth-order valence-corrected chi connectivity index (χ4v) is 2.36. The van der Waals surface area contributed by atoms with Crippen LogP contribution in [0.25, 0.3) is 0 Å². The Balaban J connectivity index is 2.66. The summed E-state index contributed by atoms with van der Waals surface area (Å²) in [5.41, 5.74) is 0.769. The van der Waals surface area contributed by atoms with Crippen molar-refractivity contribution in [2.45, 2.75) is 6.42 Å². The van der Waals surface area contributed by atoms with Gasteiger partial charge >= 0.3 is 11.8 Å². The van der Waals surface area contributed by atoms with Crippen LogP contribution in [0.1, 0.15) is 11.1 Å². The van der Waals surface area contributed by atoms with E-state index in [1.807, 2.05) is 6.07 Å². The van der Waals surface area contributed by atoms with Gasteiger partial charge in [-0.15, -0.1) is 0 Å². The van der Waals surface area contributed by atoms with Crippen LogP contribution in [-0.2, 0) is 6.42 Å². The van der Waals surface area contributed by atoms with Crippen molar-refractivity contribution in [1.29, 1.82) is 0 Å². The third-order valence-electron chi connectivity index (χ3n) is 3.28. The summed E-state index contributed by atoms with van der Waals surface area (Å²) >= 11 is 0. The van der Waals surface area contributed by atoms with E-state index in [0.717, 1.165) is 5.56 Å². The average Bonchev–Trinajstić information content (AvgIpc) is 2.54. The zero-order valence-corrected chi connectivity index (χ0v) is 13.0. The summed E-state index contributed by atoms with van der Waals surface area (Å²) in [6.07, 6.45) is -1.36. The highest BCUT2D eigenvalue weighted by atomic mass is 16.7. The van der Waals surface area contributed by atoms with E-state index in [4.69, 9.17) is 14.6 Å². The summed E-state index contributed by atoms with van der Waals surface area (Å²) in [6.45, 7) is 0. The molecule has 24 heavy (non-hydrogen) atoms. The molecule has 0 heterocycles. The van der Waals surface area contributed by atoms with E-state index in [0.29, 0.717) is 0 Å². The number of nitro groups is 1. The van der Waals surface area contributed by atoms with Crippen molar-refractivity contribution in [2.75, 3.05) is 14.2 Å². The van der Waals surface area contributed by atoms with Crippen LogP contribution in [0, 0.1) is 10.1 Å². The number of rotatable bonds is 6. The van der Waals surface area contributed by atoms with Crippen LogP contribution in [0.4, 0.5) is 10.5 Å². The van der Waals surface area contributed by atoms with E-state index in [1.54, 1.807) is 24.3 Å². The summed E-state index contributed by atoms with van der Waals surface area (Å²) in [6, 6.07) is 10.3. The quantitative estimate of drug-likeness (QED) is 0.374. The van der Waals surface area contributed by atoms with Crippen molar-refractivity contribution in [3.05, 3.63) is 57.6 Å². The molecule has 126 valence electrons. The van der Waals surface area contributed by atoms with Crippen molar-refractivity contribution >= 4 is 11.8 Å². The van der Waals surface area contributed by atoms with Gasteiger partial charge in [0, 0.05) is 12.0 Å². The van der Waals surface area contributed by atoms with Crippen molar-refractivity contribution in [3.63, 3.8) is 0 Å². The van der Waals surface area contributed by atoms with E-state index < -0.39 is 11.1 Å². The zero-order chi connectivity index (χ0) is 17.7. The first-order chi connectivity index (χ1) is 11.5. The second kappa shape index (κ2) is 7.32.